The van der Waals surface area contributed by atoms with Gasteiger partial charge in [0.05, 0.1) is 5.92 Å². The second-order valence-corrected chi connectivity index (χ2v) is 6.98. The van der Waals surface area contributed by atoms with Gasteiger partial charge in [-0.2, -0.15) is 0 Å². The first-order chi connectivity index (χ1) is 11.9. The second kappa shape index (κ2) is 8.85. The molecule has 2 rings (SSSR count). The highest BCUT2D eigenvalue weighted by Crippen LogP contribution is 2.24. The maximum absolute atomic E-state index is 12.1. The number of rotatable bonds is 7. The van der Waals surface area contributed by atoms with Crippen LogP contribution in [0.4, 0.5) is 0 Å². The van der Waals surface area contributed by atoms with E-state index in [1.165, 1.54) is 0 Å². The lowest BCUT2D eigenvalue weighted by molar-refractivity contribution is -0.152. The van der Waals surface area contributed by atoms with Gasteiger partial charge < -0.3 is 15.0 Å². The lowest BCUT2D eigenvalue weighted by Crippen LogP contribution is -2.33. The van der Waals surface area contributed by atoms with Crippen LogP contribution in [0.3, 0.4) is 0 Å². The van der Waals surface area contributed by atoms with Crippen molar-refractivity contribution in [3.63, 3.8) is 0 Å². The third-order valence-electron chi connectivity index (χ3n) is 3.92. The summed E-state index contributed by atoms with van der Waals surface area (Å²) in [6.07, 6.45) is 0.0941. The molecule has 1 aliphatic rings. The van der Waals surface area contributed by atoms with E-state index in [4.69, 9.17) is 16.3 Å². The van der Waals surface area contributed by atoms with Crippen LogP contribution in [0.5, 0.6) is 0 Å². The van der Waals surface area contributed by atoms with Crippen LogP contribution in [-0.4, -0.2) is 42.4 Å². The van der Waals surface area contributed by atoms with Crippen LogP contribution in [0, 0.1) is 11.8 Å². The SMILES string of the molecule is CC(C)CNC(=O)COC(=O)[C@@H]1CC(=O)N(Cc2ccccc2Cl)C1. The Hall–Kier alpha value is -2.08. The molecule has 136 valence electrons. The molecule has 1 fully saturated rings. The van der Waals surface area contributed by atoms with Gasteiger partial charge in [0.1, 0.15) is 0 Å². The standard InChI is InChI=1S/C18H23ClN2O4/c1-12(2)8-20-16(22)11-25-18(24)14-7-17(23)21(10-14)9-13-5-3-4-6-15(13)19/h3-6,12,14H,7-11H2,1-2H3,(H,20,22)/t14-/m1/s1. The zero-order chi connectivity index (χ0) is 18.4. The van der Waals surface area contributed by atoms with Crippen molar-refractivity contribution < 1.29 is 19.1 Å². The Morgan fingerprint density at radius 2 is 2.08 bits per heavy atom. The number of benzene rings is 1. The molecule has 1 N–H and O–H groups in total. The molecule has 0 spiro atoms. The molecule has 0 aromatic heterocycles. The molecular weight excluding hydrogens is 344 g/mol. The number of hydrogen-bond donors (Lipinski definition) is 1. The summed E-state index contributed by atoms with van der Waals surface area (Å²) in [5.74, 6) is -1.20. The van der Waals surface area contributed by atoms with Gasteiger partial charge in [0.25, 0.3) is 5.91 Å². The van der Waals surface area contributed by atoms with Crippen LogP contribution < -0.4 is 5.32 Å². The van der Waals surface area contributed by atoms with Crippen LogP contribution in [0.2, 0.25) is 5.02 Å². The predicted octanol–water partition coefficient (Wildman–Crippen LogP) is 2.00. The topological polar surface area (TPSA) is 75.7 Å². The Balaban J connectivity index is 1.82. The van der Waals surface area contributed by atoms with Gasteiger partial charge in [-0.25, -0.2) is 0 Å². The molecule has 7 heteroatoms. The van der Waals surface area contributed by atoms with Crippen LogP contribution in [0.25, 0.3) is 0 Å². The third kappa shape index (κ3) is 5.74. The van der Waals surface area contributed by atoms with Crippen molar-refractivity contribution in [3.05, 3.63) is 34.9 Å². The molecule has 0 radical (unpaired) electrons. The van der Waals surface area contributed by atoms with Crippen LogP contribution >= 0.6 is 11.6 Å². The summed E-state index contributed by atoms with van der Waals surface area (Å²) in [5, 5.41) is 3.26. The van der Waals surface area contributed by atoms with Crippen molar-refractivity contribution in [2.45, 2.75) is 26.8 Å². The quantitative estimate of drug-likeness (QED) is 0.749. The number of hydrogen-bond acceptors (Lipinski definition) is 4. The molecule has 0 aliphatic carbocycles. The maximum atomic E-state index is 12.1. The van der Waals surface area contributed by atoms with E-state index in [0.29, 0.717) is 24.0 Å². The molecule has 0 unspecified atom stereocenters. The zero-order valence-corrected chi connectivity index (χ0v) is 15.2. The van der Waals surface area contributed by atoms with Crippen molar-refractivity contribution in [3.8, 4) is 0 Å². The van der Waals surface area contributed by atoms with Gasteiger partial charge in [-0.15, -0.1) is 0 Å². The van der Waals surface area contributed by atoms with E-state index < -0.39 is 11.9 Å². The summed E-state index contributed by atoms with van der Waals surface area (Å²) < 4.78 is 5.03. The second-order valence-electron chi connectivity index (χ2n) is 6.57. The van der Waals surface area contributed by atoms with E-state index in [1.54, 1.807) is 11.0 Å². The summed E-state index contributed by atoms with van der Waals surface area (Å²) in [5.41, 5.74) is 0.833. The molecule has 0 bridgehead atoms. The highest BCUT2D eigenvalue weighted by atomic mass is 35.5. The van der Waals surface area contributed by atoms with Crippen LogP contribution in [-0.2, 0) is 25.7 Å². The molecule has 1 saturated heterocycles. The van der Waals surface area contributed by atoms with Gasteiger partial charge in [0, 0.05) is 31.1 Å². The maximum Gasteiger partial charge on any atom is 0.311 e. The van der Waals surface area contributed by atoms with Gasteiger partial charge in [-0.3, -0.25) is 14.4 Å². The van der Waals surface area contributed by atoms with E-state index in [9.17, 15) is 14.4 Å². The number of carbonyl (C=O) groups is 3. The molecule has 6 nitrogen and oxygen atoms in total. The number of nitrogens with one attached hydrogen (secondary N) is 1. The first kappa shape index (κ1) is 19.2. The van der Waals surface area contributed by atoms with Crippen molar-refractivity contribution in [1.29, 1.82) is 0 Å². The molecule has 1 aromatic rings. The molecular formula is C18H23ClN2O4. The number of nitrogens with zero attached hydrogens (tertiary/aromatic N) is 1. The zero-order valence-electron chi connectivity index (χ0n) is 14.5. The number of halogens is 1. The smallest absolute Gasteiger partial charge is 0.311 e. The summed E-state index contributed by atoms with van der Waals surface area (Å²) >= 11 is 6.11. The fourth-order valence-electron chi connectivity index (χ4n) is 2.54. The first-order valence-corrected chi connectivity index (χ1v) is 8.69. The van der Waals surface area contributed by atoms with E-state index >= 15 is 0 Å². The highest BCUT2D eigenvalue weighted by Gasteiger charge is 2.35. The van der Waals surface area contributed by atoms with E-state index in [-0.39, 0.29) is 31.4 Å². The molecule has 1 heterocycles. The monoisotopic (exact) mass is 366 g/mol. The Morgan fingerprint density at radius 1 is 1.36 bits per heavy atom. The Kier molecular flexibility index (Phi) is 6.82. The van der Waals surface area contributed by atoms with Gasteiger partial charge in [-0.05, 0) is 17.5 Å². The Labute approximate surface area is 152 Å². The Morgan fingerprint density at radius 3 is 2.76 bits per heavy atom. The molecule has 0 saturated carbocycles. The number of likely N-dealkylation sites (tertiary alicyclic amines) is 1. The average Bonchev–Trinajstić information content (AvgIpc) is 2.93. The Bertz CT molecular complexity index is 648. The number of amides is 2. The molecule has 25 heavy (non-hydrogen) atoms. The van der Waals surface area contributed by atoms with E-state index in [2.05, 4.69) is 5.32 Å². The third-order valence-corrected chi connectivity index (χ3v) is 4.29. The highest BCUT2D eigenvalue weighted by molar-refractivity contribution is 6.31. The summed E-state index contributed by atoms with van der Waals surface area (Å²) in [4.78, 5) is 37.4. The molecule has 2 amide bonds. The van der Waals surface area contributed by atoms with Crippen molar-refractivity contribution in [1.82, 2.24) is 10.2 Å². The van der Waals surface area contributed by atoms with Gasteiger partial charge in [0.15, 0.2) is 6.61 Å². The van der Waals surface area contributed by atoms with Crippen LogP contribution in [0.15, 0.2) is 24.3 Å². The largest absolute Gasteiger partial charge is 0.455 e. The van der Waals surface area contributed by atoms with Gasteiger partial charge in [-0.1, -0.05) is 43.6 Å². The van der Waals surface area contributed by atoms with Crippen molar-refractivity contribution in [2.24, 2.45) is 11.8 Å². The van der Waals surface area contributed by atoms with Gasteiger partial charge in [0.2, 0.25) is 5.91 Å². The lowest BCUT2D eigenvalue weighted by atomic mass is 10.1. The molecule has 1 aliphatic heterocycles. The number of ether oxygens (including phenoxy) is 1. The average molecular weight is 367 g/mol. The fraction of sp³-hybridized carbons (Fsp3) is 0.500. The minimum absolute atomic E-state index is 0.0941. The van der Waals surface area contributed by atoms with Crippen LogP contribution in [0.1, 0.15) is 25.8 Å². The number of carbonyl (C=O) groups excluding carboxylic acids is 3. The summed E-state index contributed by atoms with van der Waals surface area (Å²) in [6, 6.07) is 7.28. The van der Waals surface area contributed by atoms with Crippen molar-refractivity contribution in [2.75, 3.05) is 19.7 Å². The van der Waals surface area contributed by atoms with E-state index in [0.717, 1.165) is 5.56 Å². The molecule has 1 atom stereocenters. The normalized spacial score (nSPS) is 17.0. The predicted molar refractivity (Wildman–Crippen MR) is 93.8 cm³/mol. The summed E-state index contributed by atoms with van der Waals surface area (Å²) in [7, 11) is 0. The number of esters is 1. The first-order valence-electron chi connectivity index (χ1n) is 8.31. The fourth-order valence-corrected chi connectivity index (χ4v) is 2.73. The van der Waals surface area contributed by atoms with E-state index in [1.807, 2.05) is 32.0 Å². The van der Waals surface area contributed by atoms with Gasteiger partial charge >= 0.3 is 5.97 Å². The minimum atomic E-state index is -0.548. The summed E-state index contributed by atoms with van der Waals surface area (Å²) in [6.45, 7) is 4.80. The lowest BCUT2D eigenvalue weighted by Gasteiger charge is -2.17. The van der Waals surface area contributed by atoms with Crippen molar-refractivity contribution >= 4 is 29.4 Å². The minimum Gasteiger partial charge on any atom is -0.455 e. The molecule has 1 aromatic carbocycles.